The predicted octanol–water partition coefficient (Wildman–Crippen LogP) is 3.52. The van der Waals surface area contributed by atoms with E-state index in [0.29, 0.717) is 4.99 Å². The van der Waals surface area contributed by atoms with Gasteiger partial charge in [-0.3, -0.25) is 0 Å². The molecular weight excluding hydrogens is 288 g/mol. The van der Waals surface area contributed by atoms with Gasteiger partial charge in [0, 0.05) is 23.2 Å². The first-order valence-corrected chi connectivity index (χ1v) is 7.67. The van der Waals surface area contributed by atoms with Crippen LogP contribution in [-0.4, -0.2) is 23.4 Å². The molecule has 0 aliphatic carbocycles. The third-order valence-electron chi connectivity index (χ3n) is 3.07. The number of hydrogen-bond acceptors (Lipinski definition) is 4. The highest BCUT2D eigenvalue weighted by Crippen LogP contribution is 2.33. The largest absolute Gasteiger partial charge is 0.508 e. The molecule has 2 rings (SSSR count). The minimum Gasteiger partial charge on any atom is -0.508 e. The lowest BCUT2D eigenvalue weighted by Crippen LogP contribution is -2.18. The molecule has 0 saturated heterocycles. The number of benzene rings is 2. The maximum Gasteiger partial charge on any atom is 0.115 e. The summed E-state index contributed by atoms with van der Waals surface area (Å²) in [7, 11) is 1.95. The van der Waals surface area contributed by atoms with E-state index in [1.54, 1.807) is 23.9 Å². The van der Waals surface area contributed by atoms with E-state index in [4.69, 9.17) is 18.0 Å². The number of nitrogens with two attached hydrogens (primary N) is 1. The normalized spacial score (nSPS) is 10.3. The van der Waals surface area contributed by atoms with E-state index in [2.05, 4.69) is 0 Å². The highest BCUT2D eigenvalue weighted by molar-refractivity contribution is 7.98. The van der Waals surface area contributed by atoms with Gasteiger partial charge in [-0.05, 0) is 42.7 Å². The number of nitrogens with zero attached hydrogens (tertiary/aromatic N) is 1. The number of phenols is 1. The van der Waals surface area contributed by atoms with E-state index in [9.17, 15) is 5.11 Å². The molecule has 5 heteroatoms. The highest BCUT2D eigenvalue weighted by atomic mass is 32.2. The van der Waals surface area contributed by atoms with Gasteiger partial charge in [-0.2, -0.15) is 0 Å². The Kier molecular flexibility index (Phi) is 4.52. The van der Waals surface area contributed by atoms with Crippen molar-refractivity contribution in [2.75, 3.05) is 18.2 Å². The molecule has 3 nitrogen and oxygen atoms in total. The Morgan fingerprint density at radius 1 is 1.20 bits per heavy atom. The minimum atomic E-state index is 0.245. The number of thioether (sulfide) groups is 1. The Balaban J connectivity index is 2.51. The molecule has 0 radical (unpaired) electrons. The molecule has 0 heterocycles. The summed E-state index contributed by atoms with van der Waals surface area (Å²) in [5, 5.41) is 9.37. The number of rotatable bonds is 4. The molecule has 3 N–H and O–H groups in total. The van der Waals surface area contributed by atoms with E-state index in [1.165, 1.54) is 0 Å². The summed E-state index contributed by atoms with van der Waals surface area (Å²) >= 11 is 6.81. The fraction of sp³-hybridized carbons (Fsp3) is 0.133. The van der Waals surface area contributed by atoms with Gasteiger partial charge >= 0.3 is 0 Å². The molecule has 0 fully saturated rings. The topological polar surface area (TPSA) is 49.5 Å². The first-order valence-electron chi connectivity index (χ1n) is 6.04. The van der Waals surface area contributed by atoms with Gasteiger partial charge in [0.25, 0.3) is 0 Å². The lowest BCUT2D eigenvalue weighted by Gasteiger charge is -2.23. The molecular formula is C15H16N2OS2. The van der Waals surface area contributed by atoms with Gasteiger partial charge in [-0.15, -0.1) is 11.8 Å². The molecule has 0 spiro atoms. The second-order valence-electron chi connectivity index (χ2n) is 4.29. The monoisotopic (exact) mass is 304 g/mol. The summed E-state index contributed by atoms with van der Waals surface area (Å²) in [5.74, 6) is 0.245. The molecule has 2 aromatic carbocycles. The predicted molar refractivity (Wildman–Crippen MR) is 90.3 cm³/mol. The summed E-state index contributed by atoms with van der Waals surface area (Å²) in [6.07, 6.45) is 2.00. The average Bonchev–Trinajstić information content (AvgIpc) is 2.46. The quantitative estimate of drug-likeness (QED) is 0.668. The zero-order valence-corrected chi connectivity index (χ0v) is 13.0. The van der Waals surface area contributed by atoms with Gasteiger partial charge in [-0.25, -0.2) is 0 Å². The van der Waals surface area contributed by atoms with Gasteiger partial charge in [0.05, 0.1) is 5.69 Å². The Labute approximate surface area is 128 Å². The van der Waals surface area contributed by atoms with Crippen LogP contribution in [0, 0.1) is 0 Å². The van der Waals surface area contributed by atoms with E-state index < -0.39 is 0 Å². The van der Waals surface area contributed by atoms with Crippen LogP contribution in [0.15, 0.2) is 47.4 Å². The SMILES string of the molecule is CSc1cccc(N(C)c2ccc(O)cc2)c1C(N)=S. The molecule has 0 atom stereocenters. The third-order valence-corrected chi connectivity index (χ3v) is 4.05. The summed E-state index contributed by atoms with van der Waals surface area (Å²) < 4.78 is 0. The molecule has 0 amide bonds. The van der Waals surface area contributed by atoms with Crippen LogP contribution < -0.4 is 10.6 Å². The zero-order chi connectivity index (χ0) is 14.7. The van der Waals surface area contributed by atoms with Crippen molar-refractivity contribution in [3.8, 4) is 5.75 Å². The number of hydrogen-bond donors (Lipinski definition) is 2. The van der Waals surface area contributed by atoms with Gasteiger partial charge in [0.2, 0.25) is 0 Å². The first-order chi connectivity index (χ1) is 9.54. The molecule has 0 bridgehead atoms. The highest BCUT2D eigenvalue weighted by Gasteiger charge is 2.14. The van der Waals surface area contributed by atoms with E-state index >= 15 is 0 Å². The van der Waals surface area contributed by atoms with Crippen LogP contribution in [-0.2, 0) is 0 Å². The maximum absolute atomic E-state index is 9.37. The number of thiocarbonyl (C=S) groups is 1. The standard InChI is InChI=1S/C15H16N2OS2/c1-17(10-6-8-11(18)9-7-10)12-4-3-5-13(20-2)14(12)15(16)19/h3-9,18H,1-2H3,(H2,16,19). The van der Waals surface area contributed by atoms with Crippen LogP contribution in [0.3, 0.4) is 0 Å². The van der Waals surface area contributed by atoms with Crippen molar-refractivity contribution >= 4 is 40.3 Å². The molecule has 0 aromatic heterocycles. The summed E-state index contributed by atoms with van der Waals surface area (Å²) in [6.45, 7) is 0. The van der Waals surface area contributed by atoms with Gasteiger partial charge < -0.3 is 15.7 Å². The molecule has 0 saturated carbocycles. The Morgan fingerprint density at radius 3 is 2.40 bits per heavy atom. The number of aromatic hydroxyl groups is 1. The van der Waals surface area contributed by atoms with Crippen molar-refractivity contribution < 1.29 is 5.11 Å². The average molecular weight is 304 g/mol. The second kappa shape index (κ2) is 6.15. The molecule has 20 heavy (non-hydrogen) atoms. The molecule has 0 aliphatic heterocycles. The summed E-state index contributed by atoms with van der Waals surface area (Å²) in [4.78, 5) is 3.45. The van der Waals surface area contributed by atoms with E-state index in [-0.39, 0.29) is 5.75 Å². The molecule has 0 unspecified atom stereocenters. The van der Waals surface area contributed by atoms with Crippen molar-refractivity contribution in [2.45, 2.75) is 4.90 Å². The Hall–Kier alpha value is -1.72. The molecule has 2 aromatic rings. The third kappa shape index (κ3) is 2.89. The number of anilines is 2. The second-order valence-corrected chi connectivity index (χ2v) is 5.58. The Bertz CT molecular complexity index is 626. The fourth-order valence-corrected chi connectivity index (χ4v) is 2.94. The van der Waals surface area contributed by atoms with Crippen LogP contribution in [0.5, 0.6) is 5.75 Å². The van der Waals surface area contributed by atoms with Crippen LogP contribution in [0.2, 0.25) is 0 Å². The van der Waals surface area contributed by atoms with Gasteiger partial charge in [0.15, 0.2) is 0 Å². The van der Waals surface area contributed by atoms with Crippen molar-refractivity contribution in [2.24, 2.45) is 5.73 Å². The van der Waals surface area contributed by atoms with Crippen molar-refractivity contribution in [3.05, 3.63) is 48.0 Å². The van der Waals surface area contributed by atoms with Crippen molar-refractivity contribution in [1.82, 2.24) is 0 Å². The minimum absolute atomic E-state index is 0.245. The fourth-order valence-electron chi connectivity index (χ4n) is 2.03. The van der Waals surface area contributed by atoms with E-state index in [1.807, 2.05) is 48.5 Å². The first kappa shape index (κ1) is 14.7. The smallest absolute Gasteiger partial charge is 0.115 e. The molecule has 0 aliphatic rings. The Morgan fingerprint density at radius 2 is 1.85 bits per heavy atom. The number of phenolic OH excluding ortho intramolecular Hbond substituents is 1. The van der Waals surface area contributed by atoms with Crippen molar-refractivity contribution in [3.63, 3.8) is 0 Å². The maximum atomic E-state index is 9.37. The van der Waals surface area contributed by atoms with Gasteiger partial charge in [0.1, 0.15) is 10.7 Å². The lowest BCUT2D eigenvalue weighted by atomic mass is 10.1. The van der Waals surface area contributed by atoms with Crippen LogP contribution in [0.4, 0.5) is 11.4 Å². The van der Waals surface area contributed by atoms with Gasteiger partial charge in [-0.1, -0.05) is 18.3 Å². The van der Waals surface area contributed by atoms with Crippen molar-refractivity contribution in [1.29, 1.82) is 0 Å². The zero-order valence-electron chi connectivity index (χ0n) is 11.3. The van der Waals surface area contributed by atoms with E-state index in [0.717, 1.165) is 21.8 Å². The lowest BCUT2D eigenvalue weighted by molar-refractivity contribution is 0.475. The molecule has 104 valence electrons. The van der Waals surface area contributed by atoms with Crippen LogP contribution in [0.1, 0.15) is 5.56 Å². The van der Waals surface area contributed by atoms with Crippen LogP contribution in [0.25, 0.3) is 0 Å². The van der Waals surface area contributed by atoms with Crippen LogP contribution >= 0.6 is 24.0 Å². The summed E-state index contributed by atoms with van der Waals surface area (Å²) in [6, 6.07) is 13.0. The summed E-state index contributed by atoms with van der Waals surface area (Å²) in [5.41, 5.74) is 8.67.